The molecule has 1 saturated carbocycles. The van der Waals surface area contributed by atoms with Crippen molar-refractivity contribution in [3.63, 3.8) is 0 Å². The summed E-state index contributed by atoms with van der Waals surface area (Å²) in [5.41, 5.74) is 1.38. The van der Waals surface area contributed by atoms with Gasteiger partial charge in [0, 0.05) is 24.7 Å². The molecule has 2 heterocycles. The van der Waals surface area contributed by atoms with Crippen LogP contribution in [0, 0.1) is 0 Å². The van der Waals surface area contributed by atoms with Crippen molar-refractivity contribution < 1.29 is 4.79 Å². The number of carbonyl (C=O) groups is 1. The highest BCUT2D eigenvalue weighted by Crippen LogP contribution is 2.39. The predicted molar refractivity (Wildman–Crippen MR) is 107 cm³/mol. The molecule has 1 aliphatic rings. The molecule has 3 aromatic rings. The summed E-state index contributed by atoms with van der Waals surface area (Å²) in [5.74, 6) is -0.0306. The molecular formula is C21H22N4O3. The third-order valence-corrected chi connectivity index (χ3v) is 5.07. The number of benzene rings is 1. The van der Waals surface area contributed by atoms with E-state index in [1.54, 1.807) is 6.07 Å². The lowest BCUT2D eigenvalue weighted by atomic mass is 10.1. The minimum atomic E-state index is -0.576. The molecule has 0 aliphatic heterocycles. The summed E-state index contributed by atoms with van der Waals surface area (Å²) >= 11 is 0. The second kappa shape index (κ2) is 7.42. The number of carbonyl (C=O) groups excluding carboxylic acids is 1. The number of hydrogen-bond donors (Lipinski definition) is 2. The molecule has 1 aliphatic carbocycles. The van der Waals surface area contributed by atoms with Crippen molar-refractivity contribution in [3.05, 3.63) is 74.1 Å². The van der Waals surface area contributed by atoms with E-state index in [2.05, 4.69) is 15.3 Å². The van der Waals surface area contributed by atoms with Gasteiger partial charge in [0.15, 0.2) is 5.65 Å². The molecule has 1 fully saturated rings. The van der Waals surface area contributed by atoms with Gasteiger partial charge in [0.25, 0.3) is 11.5 Å². The maximum atomic E-state index is 12.9. The molecule has 0 saturated heterocycles. The molecule has 2 aromatic heterocycles. The quantitative estimate of drug-likeness (QED) is 0.685. The van der Waals surface area contributed by atoms with E-state index in [1.807, 2.05) is 37.3 Å². The number of H-pyrrole nitrogens is 1. The SMILES string of the molecule is CCn1c(=O)[nH]c(=O)c2c(C(=O)NCCc3ccccc3)cc(C3CC3)nc21. The highest BCUT2D eigenvalue weighted by molar-refractivity contribution is 6.05. The van der Waals surface area contributed by atoms with Crippen LogP contribution in [-0.4, -0.2) is 27.0 Å². The third kappa shape index (κ3) is 3.47. The summed E-state index contributed by atoms with van der Waals surface area (Å²) in [6.07, 6.45) is 2.71. The molecule has 28 heavy (non-hydrogen) atoms. The van der Waals surface area contributed by atoms with Gasteiger partial charge in [-0.1, -0.05) is 30.3 Å². The Hall–Kier alpha value is -3.22. The molecule has 1 amide bonds. The second-order valence-corrected chi connectivity index (χ2v) is 7.06. The minimum Gasteiger partial charge on any atom is -0.352 e. The molecule has 0 atom stereocenters. The van der Waals surface area contributed by atoms with Crippen molar-refractivity contribution in [1.29, 1.82) is 0 Å². The number of aryl methyl sites for hydroxylation is 1. The molecule has 7 nitrogen and oxygen atoms in total. The molecule has 1 aromatic carbocycles. The number of pyridine rings is 1. The molecule has 0 radical (unpaired) electrons. The zero-order valence-electron chi connectivity index (χ0n) is 15.7. The fraction of sp³-hybridized carbons (Fsp3) is 0.333. The van der Waals surface area contributed by atoms with Gasteiger partial charge >= 0.3 is 5.69 Å². The molecule has 0 spiro atoms. The van der Waals surface area contributed by atoms with Crippen LogP contribution >= 0.6 is 0 Å². The summed E-state index contributed by atoms with van der Waals surface area (Å²) in [7, 11) is 0. The lowest BCUT2D eigenvalue weighted by Gasteiger charge is -2.12. The van der Waals surface area contributed by atoms with Crippen LogP contribution in [0.3, 0.4) is 0 Å². The Bertz CT molecular complexity index is 1140. The van der Waals surface area contributed by atoms with Crippen molar-refractivity contribution in [2.45, 2.75) is 38.6 Å². The highest BCUT2D eigenvalue weighted by atomic mass is 16.2. The van der Waals surface area contributed by atoms with Gasteiger partial charge < -0.3 is 5.32 Å². The average Bonchev–Trinajstić information content (AvgIpc) is 3.53. The number of nitrogens with one attached hydrogen (secondary N) is 2. The molecule has 7 heteroatoms. The average molecular weight is 378 g/mol. The monoisotopic (exact) mass is 378 g/mol. The number of aromatic amines is 1. The van der Waals surface area contributed by atoms with Gasteiger partial charge in [-0.2, -0.15) is 0 Å². The minimum absolute atomic E-state index is 0.170. The Balaban J connectivity index is 1.71. The van der Waals surface area contributed by atoms with E-state index in [1.165, 1.54) is 4.57 Å². The Morgan fingerprint density at radius 3 is 2.68 bits per heavy atom. The Morgan fingerprint density at radius 1 is 1.25 bits per heavy atom. The second-order valence-electron chi connectivity index (χ2n) is 7.06. The van der Waals surface area contributed by atoms with Crippen LogP contribution in [0.4, 0.5) is 0 Å². The van der Waals surface area contributed by atoms with Crippen molar-refractivity contribution in [1.82, 2.24) is 19.9 Å². The topological polar surface area (TPSA) is 96.9 Å². The smallest absolute Gasteiger partial charge is 0.329 e. The number of hydrogen-bond acceptors (Lipinski definition) is 4. The molecule has 0 bridgehead atoms. The number of nitrogens with zero attached hydrogens (tertiary/aromatic N) is 2. The molecule has 0 unspecified atom stereocenters. The van der Waals surface area contributed by atoms with Crippen molar-refractivity contribution in [2.75, 3.05) is 6.54 Å². The zero-order valence-corrected chi connectivity index (χ0v) is 15.7. The van der Waals surface area contributed by atoms with Crippen molar-refractivity contribution >= 4 is 16.9 Å². The standard InChI is InChI=1S/C21H22N4O3/c1-2-25-18-17(20(27)24-21(25)28)15(12-16(23-18)14-8-9-14)19(26)22-11-10-13-6-4-3-5-7-13/h3-7,12,14H,2,8-11H2,1H3,(H,22,26)(H,24,27,28). The van der Waals surface area contributed by atoms with Crippen LogP contribution in [0.5, 0.6) is 0 Å². The number of aromatic nitrogens is 3. The summed E-state index contributed by atoms with van der Waals surface area (Å²) in [5, 5.41) is 3.07. The van der Waals surface area contributed by atoms with Crippen LogP contribution in [0.15, 0.2) is 46.0 Å². The van der Waals surface area contributed by atoms with E-state index < -0.39 is 11.2 Å². The number of rotatable bonds is 6. The maximum absolute atomic E-state index is 12.9. The van der Waals surface area contributed by atoms with E-state index in [4.69, 9.17) is 0 Å². The van der Waals surface area contributed by atoms with E-state index in [0.29, 0.717) is 25.4 Å². The Kier molecular flexibility index (Phi) is 4.81. The van der Waals surface area contributed by atoms with Crippen LogP contribution in [-0.2, 0) is 13.0 Å². The normalized spacial score (nSPS) is 13.6. The molecule has 2 N–H and O–H groups in total. The maximum Gasteiger partial charge on any atom is 0.329 e. The van der Waals surface area contributed by atoms with Crippen LogP contribution in [0.2, 0.25) is 0 Å². The van der Waals surface area contributed by atoms with Crippen LogP contribution in [0.1, 0.15) is 47.3 Å². The largest absolute Gasteiger partial charge is 0.352 e. The van der Waals surface area contributed by atoms with E-state index >= 15 is 0 Å². The first-order valence-corrected chi connectivity index (χ1v) is 9.58. The van der Waals surface area contributed by atoms with Crippen molar-refractivity contribution in [3.8, 4) is 0 Å². The zero-order chi connectivity index (χ0) is 19.7. The van der Waals surface area contributed by atoms with Gasteiger partial charge in [-0.15, -0.1) is 0 Å². The van der Waals surface area contributed by atoms with Gasteiger partial charge in [-0.3, -0.25) is 19.1 Å². The first kappa shape index (κ1) is 18.2. The van der Waals surface area contributed by atoms with E-state index in [9.17, 15) is 14.4 Å². The summed E-state index contributed by atoms with van der Waals surface area (Å²) < 4.78 is 1.41. The predicted octanol–water partition coefficient (Wildman–Crippen LogP) is 1.95. The highest BCUT2D eigenvalue weighted by Gasteiger charge is 2.28. The van der Waals surface area contributed by atoms with Crippen LogP contribution in [0.25, 0.3) is 11.0 Å². The first-order valence-electron chi connectivity index (χ1n) is 9.58. The fourth-order valence-corrected chi connectivity index (χ4v) is 3.41. The third-order valence-electron chi connectivity index (χ3n) is 5.07. The van der Waals surface area contributed by atoms with Gasteiger partial charge in [-0.05, 0) is 37.8 Å². The lowest BCUT2D eigenvalue weighted by molar-refractivity contribution is 0.0955. The molecular weight excluding hydrogens is 356 g/mol. The number of amides is 1. The summed E-state index contributed by atoms with van der Waals surface area (Å²) in [6.45, 7) is 2.63. The first-order chi connectivity index (χ1) is 13.6. The molecule has 144 valence electrons. The van der Waals surface area contributed by atoms with Crippen molar-refractivity contribution in [2.24, 2.45) is 0 Å². The molecule has 4 rings (SSSR count). The summed E-state index contributed by atoms with van der Waals surface area (Å²) in [6, 6.07) is 11.6. The summed E-state index contributed by atoms with van der Waals surface area (Å²) in [4.78, 5) is 44.4. The van der Waals surface area contributed by atoms with E-state index in [-0.39, 0.29) is 22.5 Å². The van der Waals surface area contributed by atoms with Gasteiger partial charge in [0.1, 0.15) is 0 Å². The van der Waals surface area contributed by atoms with Crippen LogP contribution < -0.4 is 16.6 Å². The Labute approximate surface area is 161 Å². The van der Waals surface area contributed by atoms with Gasteiger partial charge in [-0.25, -0.2) is 9.78 Å². The van der Waals surface area contributed by atoms with Gasteiger partial charge in [0.2, 0.25) is 0 Å². The fourth-order valence-electron chi connectivity index (χ4n) is 3.41. The lowest BCUT2D eigenvalue weighted by Crippen LogP contribution is -2.33. The van der Waals surface area contributed by atoms with E-state index in [0.717, 1.165) is 24.1 Å². The number of fused-ring (bicyclic) bond motifs is 1. The Morgan fingerprint density at radius 2 is 2.00 bits per heavy atom. The van der Waals surface area contributed by atoms with Gasteiger partial charge in [0.05, 0.1) is 10.9 Å².